The highest BCUT2D eigenvalue weighted by molar-refractivity contribution is 5.42. The maximum atomic E-state index is 4.52. The summed E-state index contributed by atoms with van der Waals surface area (Å²) in [5.74, 6) is 1.44. The lowest BCUT2D eigenvalue weighted by molar-refractivity contribution is 0.871. The molecule has 1 heterocycles. The summed E-state index contributed by atoms with van der Waals surface area (Å²) in [5.41, 5.74) is 2.43. The Bertz CT molecular complexity index is 729. The van der Waals surface area contributed by atoms with Crippen molar-refractivity contribution in [2.24, 2.45) is 0 Å². The molecule has 4 heteroatoms. The van der Waals surface area contributed by atoms with Gasteiger partial charge >= 0.3 is 0 Å². The van der Waals surface area contributed by atoms with Gasteiger partial charge < -0.3 is 10.6 Å². The molecule has 4 nitrogen and oxygen atoms in total. The van der Waals surface area contributed by atoms with Crippen LogP contribution in [-0.4, -0.2) is 9.97 Å². The summed E-state index contributed by atoms with van der Waals surface area (Å²) < 4.78 is 0. The van der Waals surface area contributed by atoms with Crippen LogP contribution in [0, 0.1) is 0 Å². The van der Waals surface area contributed by atoms with Crippen molar-refractivity contribution < 1.29 is 0 Å². The van der Waals surface area contributed by atoms with Gasteiger partial charge in [-0.25, -0.2) is 4.98 Å². The minimum absolute atomic E-state index is 0.188. The van der Waals surface area contributed by atoms with Gasteiger partial charge in [0.15, 0.2) is 0 Å². The predicted octanol–water partition coefficient (Wildman–Crippen LogP) is 4.26. The van der Waals surface area contributed by atoms with Crippen molar-refractivity contribution in [3.05, 3.63) is 84.1 Å². The van der Waals surface area contributed by atoms with E-state index in [0.717, 1.165) is 5.82 Å². The number of rotatable bonds is 6. The molecule has 3 rings (SSSR count). The Balaban J connectivity index is 1.63. The summed E-state index contributed by atoms with van der Waals surface area (Å²) in [6, 6.07) is 22.6. The first-order chi connectivity index (χ1) is 11.3. The van der Waals surface area contributed by atoms with Crippen LogP contribution in [0.5, 0.6) is 0 Å². The summed E-state index contributed by atoms with van der Waals surface area (Å²) in [6.45, 7) is 2.83. The molecule has 0 aliphatic carbocycles. The Labute approximate surface area is 136 Å². The lowest BCUT2D eigenvalue weighted by Gasteiger charge is -2.15. The van der Waals surface area contributed by atoms with Crippen molar-refractivity contribution in [3.63, 3.8) is 0 Å². The smallest absolute Gasteiger partial charge is 0.224 e. The fourth-order valence-corrected chi connectivity index (χ4v) is 2.35. The quantitative estimate of drug-likeness (QED) is 0.714. The van der Waals surface area contributed by atoms with Crippen molar-refractivity contribution in [1.82, 2.24) is 9.97 Å². The van der Waals surface area contributed by atoms with Gasteiger partial charge in [-0.15, -0.1) is 0 Å². The minimum atomic E-state index is 0.188. The average molecular weight is 304 g/mol. The Kier molecular flexibility index (Phi) is 4.84. The Morgan fingerprint density at radius 2 is 1.61 bits per heavy atom. The van der Waals surface area contributed by atoms with E-state index in [1.165, 1.54) is 11.1 Å². The van der Waals surface area contributed by atoms with Gasteiger partial charge in [-0.3, -0.25) is 0 Å². The predicted molar refractivity (Wildman–Crippen MR) is 94.3 cm³/mol. The summed E-state index contributed by atoms with van der Waals surface area (Å²) in [7, 11) is 0. The molecule has 2 aromatic carbocycles. The molecular formula is C19H20N4. The van der Waals surface area contributed by atoms with Crippen LogP contribution < -0.4 is 10.6 Å². The molecule has 0 saturated carbocycles. The van der Waals surface area contributed by atoms with E-state index in [4.69, 9.17) is 0 Å². The normalized spacial score (nSPS) is 11.7. The number of hydrogen-bond donors (Lipinski definition) is 2. The molecule has 0 aliphatic rings. The maximum Gasteiger partial charge on any atom is 0.224 e. The van der Waals surface area contributed by atoms with Gasteiger partial charge in [0.1, 0.15) is 5.82 Å². The first-order valence-corrected chi connectivity index (χ1v) is 7.73. The number of anilines is 2. The second kappa shape index (κ2) is 7.40. The van der Waals surface area contributed by atoms with E-state index < -0.39 is 0 Å². The van der Waals surface area contributed by atoms with Crippen LogP contribution in [-0.2, 0) is 6.54 Å². The summed E-state index contributed by atoms with van der Waals surface area (Å²) in [6.07, 6.45) is 1.76. The van der Waals surface area contributed by atoms with Gasteiger partial charge in [-0.1, -0.05) is 60.7 Å². The van der Waals surface area contributed by atoms with Crippen molar-refractivity contribution >= 4 is 11.8 Å². The van der Waals surface area contributed by atoms with E-state index in [9.17, 15) is 0 Å². The molecule has 1 aromatic heterocycles. The molecular weight excluding hydrogens is 284 g/mol. The van der Waals surface area contributed by atoms with Crippen molar-refractivity contribution in [3.8, 4) is 0 Å². The van der Waals surface area contributed by atoms with E-state index in [2.05, 4.69) is 51.8 Å². The third-order valence-electron chi connectivity index (χ3n) is 3.61. The molecule has 0 spiro atoms. The fraction of sp³-hybridized carbons (Fsp3) is 0.158. The molecule has 0 bridgehead atoms. The van der Waals surface area contributed by atoms with Crippen molar-refractivity contribution in [1.29, 1.82) is 0 Å². The first-order valence-electron chi connectivity index (χ1n) is 7.73. The minimum Gasteiger partial charge on any atom is -0.363 e. The van der Waals surface area contributed by atoms with Crippen LogP contribution in [0.4, 0.5) is 11.8 Å². The zero-order valence-electron chi connectivity index (χ0n) is 13.1. The molecule has 1 unspecified atom stereocenters. The Morgan fingerprint density at radius 1 is 0.913 bits per heavy atom. The van der Waals surface area contributed by atoms with Crippen LogP contribution in [0.25, 0.3) is 0 Å². The molecule has 0 aliphatic heterocycles. The highest BCUT2D eigenvalue weighted by atomic mass is 15.1. The van der Waals surface area contributed by atoms with Crippen molar-refractivity contribution in [2.45, 2.75) is 19.5 Å². The second-order valence-corrected chi connectivity index (χ2v) is 5.38. The van der Waals surface area contributed by atoms with Gasteiger partial charge in [-0.05, 0) is 24.1 Å². The number of nitrogens with one attached hydrogen (secondary N) is 2. The number of aromatic nitrogens is 2. The van der Waals surface area contributed by atoms with Gasteiger partial charge in [0.05, 0.1) is 0 Å². The first kappa shape index (κ1) is 15.0. The number of hydrogen-bond acceptors (Lipinski definition) is 4. The molecule has 23 heavy (non-hydrogen) atoms. The van der Waals surface area contributed by atoms with Gasteiger partial charge in [-0.2, -0.15) is 4.98 Å². The zero-order valence-corrected chi connectivity index (χ0v) is 13.1. The number of nitrogens with zero attached hydrogens (tertiary/aromatic N) is 2. The third-order valence-corrected chi connectivity index (χ3v) is 3.61. The molecule has 1 atom stereocenters. The lowest BCUT2D eigenvalue weighted by Crippen LogP contribution is -2.10. The molecule has 0 fully saturated rings. The van der Waals surface area contributed by atoms with Crippen LogP contribution in [0.3, 0.4) is 0 Å². The number of benzene rings is 2. The topological polar surface area (TPSA) is 49.8 Å². The largest absolute Gasteiger partial charge is 0.363 e. The highest BCUT2D eigenvalue weighted by Crippen LogP contribution is 2.17. The van der Waals surface area contributed by atoms with E-state index >= 15 is 0 Å². The van der Waals surface area contributed by atoms with E-state index in [1.54, 1.807) is 6.20 Å². The highest BCUT2D eigenvalue weighted by Gasteiger charge is 2.06. The van der Waals surface area contributed by atoms with Crippen molar-refractivity contribution in [2.75, 3.05) is 10.6 Å². The molecule has 2 N–H and O–H groups in total. The summed E-state index contributed by atoms with van der Waals surface area (Å²) in [4.78, 5) is 8.79. The molecule has 0 amide bonds. The lowest BCUT2D eigenvalue weighted by atomic mass is 10.1. The molecule has 3 aromatic rings. The van der Waals surface area contributed by atoms with Gasteiger partial charge in [0.25, 0.3) is 0 Å². The molecule has 0 saturated heterocycles. The van der Waals surface area contributed by atoms with Crippen LogP contribution in [0.1, 0.15) is 24.1 Å². The average Bonchev–Trinajstić information content (AvgIpc) is 2.62. The summed E-state index contributed by atoms with van der Waals surface area (Å²) in [5, 5.41) is 6.66. The van der Waals surface area contributed by atoms with Crippen LogP contribution >= 0.6 is 0 Å². The monoisotopic (exact) mass is 304 g/mol. The van der Waals surface area contributed by atoms with Crippen LogP contribution in [0.15, 0.2) is 72.9 Å². The summed E-state index contributed by atoms with van der Waals surface area (Å²) >= 11 is 0. The SMILES string of the molecule is CC(Nc1ccnc(NCc2ccccc2)n1)c1ccccc1. The zero-order chi connectivity index (χ0) is 15.9. The van der Waals surface area contributed by atoms with E-state index in [1.807, 2.05) is 42.5 Å². The molecule has 0 radical (unpaired) electrons. The third kappa shape index (κ3) is 4.30. The van der Waals surface area contributed by atoms with E-state index in [-0.39, 0.29) is 6.04 Å². The Morgan fingerprint density at radius 3 is 2.35 bits per heavy atom. The Hall–Kier alpha value is -2.88. The second-order valence-electron chi connectivity index (χ2n) is 5.38. The fourth-order valence-electron chi connectivity index (χ4n) is 2.35. The van der Waals surface area contributed by atoms with Gasteiger partial charge in [0, 0.05) is 18.8 Å². The maximum absolute atomic E-state index is 4.52. The van der Waals surface area contributed by atoms with E-state index in [0.29, 0.717) is 12.5 Å². The molecule has 116 valence electrons. The standard InChI is InChI=1S/C19H20N4/c1-15(17-10-6-3-7-11-17)22-18-12-13-20-19(23-18)21-14-16-8-4-2-5-9-16/h2-13,15H,14H2,1H3,(H2,20,21,22,23). The van der Waals surface area contributed by atoms with Gasteiger partial charge in [0.2, 0.25) is 5.95 Å². The van der Waals surface area contributed by atoms with Crippen LogP contribution in [0.2, 0.25) is 0 Å².